The Morgan fingerprint density at radius 2 is 1.63 bits per heavy atom. The second-order valence-electron chi connectivity index (χ2n) is 5.80. The molecule has 0 unspecified atom stereocenters. The number of aromatic nitrogens is 2. The van der Waals surface area contributed by atoms with Gasteiger partial charge in [0.1, 0.15) is 17.8 Å². The van der Waals surface area contributed by atoms with Crippen LogP contribution >= 0.6 is 23.2 Å². The number of ether oxygens (including phenoxy) is 1. The Balaban J connectivity index is 1.67. The van der Waals surface area contributed by atoms with Crippen molar-refractivity contribution in [3.05, 3.63) is 77.0 Å². The van der Waals surface area contributed by atoms with Gasteiger partial charge in [-0.1, -0.05) is 59.6 Å². The van der Waals surface area contributed by atoms with Crippen molar-refractivity contribution in [2.75, 3.05) is 11.1 Å². The number of nitrogens with two attached hydrogens (primary N) is 1. The first-order valence-corrected chi connectivity index (χ1v) is 8.85. The van der Waals surface area contributed by atoms with Crippen LogP contribution in [0.25, 0.3) is 10.8 Å². The lowest BCUT2D eigenvalue weighted by Crippen LogP contribution is -2.03. The predicted octanol–water partition coefficient (Wildman–Crippen LogP) is 6.05. The average Bonchev–Trinajstić information content (AvgIpc) is 2.64. The van der Waals surface area contributed by atoms with Gasteiger partial charge in [-0.05, 0) is 29.7 Å². The number of hydrogen-bond donors (Lipinski definition) is 2. The van der Waals surface area contributed by atoms with Gasteiger partial charge in [0.05, 0.1) is 0 Å². The molecule has 0 saturated heterocycles. The van der Waals surface area contributed by atoms with Crippen molar-refractivity contribution in [3.8, 4) is 11.6 Å². The quantitative estimate of drug-likeness (QED) is 0.438. The lowest BCUT2D eigenvalue weighted by Gasteiger charge is -2.13. The van der Waals surface area contributed by atoms with Crippen LogP contribution < -0.4 is 15.8 Å². The SMILES string of the molecule is Nc1c(Nc2cc(Cl)cc(Cl)c2)ncnc1Oc1cccc2ccccc12. The van der Waals surface area contributed by atoms with Gasteiger partial charge in [0.15, 0.2) is 5.82 Å². The summed E-state index contributed by atoms with van der Waals surface area (Å²) in [6.07, 6.45) is 1.38. The molecular formula is C20H14Cl2N4O. The molecule has 0 atom stereocenters. The van der Waals surface area contributed by atoms with E-state index in [2.05, 4.69) is 15.3 Å². The van der Waals surface area contributed by atoms with E-state index in [-0.39, 0.29) is 11.6 Å². The van der Waals surface area contributed by atoms with Gasteiger partial charge in [0.2, 0.25) is 5.88 Å². The van der Waals surface area contributed by atoms with Crippen LogP contribution in [0, 0.1) is 0 Å². The predicted molar refractivity (Wildman–Crippen MR) is 110 cm³/mol. The summed E-state index contributed by atoms with van der Waals surface area (Å²) in [5.41, 5.74) is 7.16. The molecule has 0 spiro atoms. The maximum atomic E-state index is 6.22. The lowest BCUT2D eigenvalue weighted by molar-refractivity contribution is 0.470. The summed E-state index contributed by atoms with van der Waals surface area (Å²) in [5.74, 6) is 1.32. The van der Waals surface area contributed by atoms with E-state index >= 15 is 0 Å². The van der Waals surface area contributed by atoms with Gasteiger partial charge in [-0.3, -0.25) is 0 Å². The second kappa shape index (κ2) is 7.31. The normalized spacial score (nSPS) is 10.7. The number of benzene rings is 3. The Kier molecular flexibility index (Phi) is 4.71. The highest BCUT2D eigenvalue weighted by Crippen LogP contribution is 2.35. The van der Waals surface area contributed by atoms with E-state index in [0.717, 1.165) is 10.8 Å². The van der Waals surface area contributed by atoms with Crippen LogP contribution in [0.5, 0.6) is 11.6 Å². The molecule has 134 valence electrons. The monoisotopic (exact) mass is 396 g/mol. The largest absolute Gasteiger partial charge is 0.436 e. The van der Waals surface area contributed by atoms with Crippen molar-refractivity contribution in [2.24, 2.45) is 0 Å². The topological polar surface area (TPSA) is 73.1 Å². The molecule has 0 radical (unpaired) electrons. The molecule has 27 heavy (non-hydrogen) atoms. The molecule has 5 nitrogen and oxygen atoms in total. The smallest absolute Gasteiger partial charge is 0.248 e. The van der Waals surface area contributed by atoms with E-state index in [9.17, 15) is 0 Å². The first-order chi connectivity index (χ1) is 13.1. The molecule has 0 aliphatic heterocycles. The summed E-state index contributed by atoms with van der Waals surface area (Å²) in [6, 6.07) is 18.8. The van der Waals surface area contributed by atoms with Crippen molar-refractivity contribution in [1.29, 1.82) is 0 Å². The van der Waals surface area contributed by atoms with Gasteiger partial charge >= 0.3 is 0 Å². The van der Waals surface area contributed by atoms with Crippen LogP contribution in [0.15, 0.2) is 67.0 Å². The minimum Gasteiger partial charge on any atom is -0.436 e. The second-order valence-corrected chi connectivity index (χ2v) is 6.68. The number of nitrogen functional groups attached to an aromatic ring is 1. The van der Waals surface area contributed by atoms with E-state index in [0.29, 0.717) is 27.3 Å². The molecular weight excluding hydrogens is 383 g/mol. The molecule has 3 aromatic carbocycles. The summed E-state index contributed by atoms with van der Waals surface area (Å²) < 4.78 is 5.98. The minimum atomic E-state index is 0.261. The van der Waals surface area contributed by atoms with Gasteiger partial charge in [0, 0.05) is 21.1 Å². The van der Waals surface area contributed by atoms with E-state index in [4.69, 9.17) is 33.7 Å². The number of rotatable bonds is 4. The van der Waals surface area contributed by atoms with Gasteiger partial charge in [0.25, 0.3) is 0 Å². The third kappa shape index (κ3) is 3.74. The molecule has 1 aromatic heterocycles. The van der Waals surface area contributed by atoms with Crippen LogP contribution in [-0.4, -0.2) is 9.97 Å². The van der Waals surface area contributed by atoms with E-state index in [1.807, 2.05) is 42.5 Å². The van der Waals surface area contributed by atoms with Crippen LogP contribution in [0.2, 0.25) is 10.0 Å². The number of fused-ring (bicyclic) bond motifs is 1. The molecule has 0 fully saturated rings. The molecule has 1 heterocycles. The van der Waals surface area contributed by atoms with E-state index < -0.39 is 0 Å². The number of nitrogens with one attached hydrogen (secondary N) is 1. The highest BCUT2D eigenvalue weighted by atomic mass is 35.5. The highest BCUT2D eigenvalue weighted by molar-refractivity contribution is 6.35. The van der Waals surface area contributed by atoms with Crippen molar-refractivity contribution in [2.45, 2.75) is 0 Å². The molecule has 0 saturated carbocycles. The molecule has 7 heteroatoms. The van der Waals surface area contributed by atoms with Crippen LogP contribution in [-0.2, 0) is 0 Å². The lowest BCUT2D eigenvalue weighted by atomic mass is 10.1. The zero-order valence-electron chi connectivity index (χ0n) is 14.0. The van der Waals surface area contributed by atoms with Crippen LogP contribution in [0.3, 0.4) is 0 Å². The fraction of sp³-hybridized carbons (Fsp3) is 0. The minimum absolute atomic E-state index is 0.261. The van der Waals surface area contributed by atoms with Crippen LogP contribution in [0.4, 0.5) is 17.2 Å². The summed E-state index contributed by atoms with van der Waals surface area (Å²) >= 11 is 12.1. The van der Waals surface area contributed by atoms with Gasteiger partial charge in [-0.15, -0.1) is 0 Å². The fourth-order valence-electron chi connectivity index (χ4n) is 2.71. The van der Waals surface area contributed by atoms with Crippen molar-refractivity contribution < 1.29 is 4.74 Å². The molecule has 0 aliphatic rings. The Hall–Kier alpha value is -3.02. The van der Waals surface area contributed by atoms with Crippen molar-refractivity contribution in [1.82, 2.24) is 9.97 Å². The Labute approximate surface area is 165 Å². The van der Waals surface area contributed by atoms with E-state index in [1.54, 1.807) is 18.2 Å². The Bertz CT molecular complexity index is 1110. The number of hydrogen-bond acceptors (Lipinski definition) is 5. The Morgan fingerprint density at radius 1 is 0.889 bits per heavy atom. The molecule has 3 N–H and O–H groups in total. The summed E-state index contributed by atoms with van der Waals surface area (Å²) in [5, 5.41) is 6.13. The maximum Gasteiger partial charge on any atom is 0.248 e. The average molecular weight is 397 g/mol. The fourth-order valence-corrected chi connectivity index (χ4v) is 3.24. The molecule has 0 amide bonds. The van der Waals surface area contributed by atoms with Crippen LogP contribution in [0.1, 0.15) is 0 Å². The molecule has 4 aromatic rings. The Morgan fingerprint density at radius 3 is 2.44 bits per heavy atom. The number of halogens is 2. The zero-order valence-corrected chi connectivity index (χ0v) is 15.5. The van der Waals surface area contributed by atoms with Gasteiger partial charge < -0.3 is 15.8 Å². The van der Waals surface area contributed by atoms with Crippen molar-refractivity contribution >= 4 is 51.2 Å². The van der Waals surface area contributed by atoms with Gasteiger partial charge in [-0.2, -0.15) is 4.98 Å². The number of anilines is 3. The summed E-state index contributed by atoms with van der Waals surface area (Å²) in [7, 11) is 0. The third-order valence-corrected chi connectivity index (χ3v) is 4.37. The standard InChI is InChI=1S/C20H14Cl2N4O/c21-13-8-14(22)10-15(9-13)26-19-18(23)20(25-11-24-19)27-17-7-3-5-12-4-1-2-6-16(12)17/h1-11H,23H2,(H,24,25,26). The van der Waals surface area contributed by atoms with Gasteiger partial charge in [-0.25, -0.2) is 4.98 Å². The molecule has 0 bridgehead atoms. The summed E-state index contributed by atoms with van der Waals surface area (Å²) in [6.45, 7) is 0. The first kappa shape index (κ1) is 17.4. The maximum absolute atomic E-state index is 6.22. The molecule has 0 aliphatic carbocycles. The first-order valence-electron chi connectivity index (χ1n) is 8.09. The summed E-state index contributed by atoms with van der Waals surface area (Å²) in [4.78, 5) is 8.35. The third-order valence-electron chi connectivity index (χ3n) is 3.93. The highest BCUT2D eigenvalue weighted by Gasteiger charge is 2.12. The number of nitrogens with zero attached hydrogens (tertiary/aromatic N) is 2. The zero-order chi connectivity index (χ0) is 18.8. The molecule has 4 rings (SSSR count). The van der Waals surface area contributed by atoms with Crippen molar-refractivity contribution in [3.63, 3.8) is 0 Å². The van der Waals surface area contributed by atoms with E-state index in [1.165, 1.54) is 6.33 Å².